The first-order valence-electron chi connectivity index (χ1n) is 17.8. The summed E-state index contributed by atoms with van der Waals surface area (Å²) in [5.74, 6) is 1.26. The standard InChI is InChI=1S/C42H33N11O/c43-25-22-23-53(24-54)42(36-20-8-18-34(45-36)40-49-28-12-3-4-13-29(28)50-40,37-21-9-19-35(46-37)41-51-30-14-5-6-15-31(30)52-41)38(25)32-16-7-17-33(44-32)39-47-26-10-1-2-11-27(26)48-39/h1-21,24-25,38H,22-23,43H2,(H,47,48)(H,49,50)(H,51,52). The number of nitrogens with one attached hydrogen (secondary N) is 3. The van der Waals surface area contributed by atoms with Crippen LogP contribution in [0.5, 0.6) is 0 Å². The lowest BCUT2D eigenvalue weighted by Crippen LogP contribution is -2.61. The molecular weight excluding hydrogens is 675 g/mol. The van der Waals surface area contributed by atoms with Crippen molar-refractivity contribution in [2.45, 2.75) is 23.9 Å². The van der Waals surface area contributed by atoms with Gasteiger partial charge in [-0.15, -0.1) is 0 Å². The van der Waals surface area contributed by atoms with Gasteiger partial charge in [0.25, 0.3) is 0 Å². The number of aromatic nitrogens is 9. The molecule has 1 aliphatic heterocycles. The highest BCUT2D eigenvalue weighted by Crippen LogP contribution is 2.50. The van der Waals surface area contributed by atoms with Crippen LogP contribution in [0.1, 0.15) is 29.4 Å². The van der Waals surface area contributed by atoms with Crippen molar-refractivity contribution in [2.24, 2.45) is 5.73 Å². The highest BCUT2D eigenvalue weighted by atomic mass is 16.1. The van der Waals surface area contributed by atoms with Crippen LogP contribution in [0.15, 0.2) is 127 Å². The zero-order valence-electron chi connectivity index (χ0n) is 28.9. The van der Waals surface area contributed by atoms with E-state index in [1.54, 1.807) is 4.90 Å². The van der Waals surface area contributed by atoms with Gasteiger partial charge in [-0.3, -0.25) is 4.79 Å². The van der Waals surface area contributed by atoms with Gasteiger partial charge in [-0.2, -0.15) is 0 Å². The average Bonchev–Trinajstić information content (AvgIpc) is 3.98. The lowest BCUT2D eigenvalue weighted by Gasteiger charge is -2.52. The maximum Gasteiger partial charge on any atom is 0.210 e. The van der Waals surface area contributed by atoms with Crippen molar-refractivity contribution in [3.63, 3.8) is 0 Å². The number of carbonyl (C=O) groups is 1. The maximum atomic E-state index is 13.5. The maximum absolute atomic E-state index is 13.5. The van der Waals surface area contributed by atoms with E-state index in [9.17, 15) is 4.79 Å². The molecule has 54 heavy (non-hydrogen) atoms. The minimum Gasteiger partial charge on any atom is -0.337 e. The number of carbonyl (C=O) groups excluding carboxylic acids is 1. The Bertz CT molecular complexity index is 2620. The fourth-order valence-corrected chi connectivity index (χ4v) is 7.97. The molecule has 6 aromatic heterocycles. The van der Waals surface area contributed by atoms with Gasteiger partial charge in [-0.1, -0.05) is 54.6 Å². The third-order valence-corrected chi connectivity index (χ3v) is 10.4. The van der Waals surface area contributed by atoms with Crippen LogP contribution in [0.3, 0.4) is 0 Å². The van der Waals surface area contributed by atoms with Gasteiger partial charge >= 0.3 is 0 Å². The van der Waals surface area contributed by atoms with Gasteiger partial charge in [0.1, 0.15) is 22.6 Å². The fraction of sp³-hybridized carbons (Fsp3) is 0.119. The number of amides is 1. The number of nitrogens with two attached hydrogens (primary N) is 1. The van der Waals surface area contributed by atoms with Gasteiger partial charge < -0.3 is 25.6 Å². The Morgan fingerprint density at radius 1 is 0.556 bits per heavy atom. The minimum atomic E-state index is -1.30. The molecule has 5 N–H and O–H groups in total. The van der Waals surface area contributed by atoms with Crippen LogP contribution in [-0.2, 0) is 10.3 Å². The van der Waals surface area contributed by atoms with Crippen molar-refractivity contribution in [2.75, 3.05) is 6.54 Å². The van der Waals surface area contributed by atoms with Crippen LogP contribution < -0.4 is 5.73 Å². The highest BCUT2D eigenvalue weighted by Gasteiger charge is 2.55. The minimum absolute atomic E-state index is 0.373. The van der Waals surface area contributed by atoms with Crippen LogP contribution in [0.4, 0.5) is 0 Å². The molecule has 2 atom stereocenters. The lowest BCUT2D eigenvalue weighted by atomic mass is 9.67. The molecule has 12 nitrogen and oxygen atoms in total. The van der Waals surface area contributed by atoms with Crippen LogP contribution in [0, 0.1) is 0 Å². The first-order chi connectivity index (χ1) is 26.6. The number of nitrogens with zero attached hydrogens (tertiary/aromatic N) is 7. The predicted octanol–water partition coefficient (Wildman–Crippen LogP) is 6.72. The van der Waals surface area contributed by atoms with E-state index in [0.717, 1.165) is 39.5 Å². The summed E-state index contributed by atoms with van der Waals surface area (Å²) in [6.07, 6.45) is 1.42. The van der Waals surface area contributed by atoms with Crippen molar-refractivity contribution in [1.29, 1.82) is 0 Å². The Hall–Kier alpha value is -7.05. The molecule has 2 unspecified atom stereocenters. The summed E-state index contributed by atoms with van der Waals surface area (Å²) in [5, 5.41) is 0. The lowest BCUT2D eigenvalue weighted by molar-refractivity contribution is -0.126. The van der Waals surface area contributed by atoms with Gasteiger partial charge in [-0.05, 0) is 79.2 Å². The number of fused-ring (bicyclic) bond motifs is 3. The molecule has 262 valence electrons. The van der Waals surface area contributed by atoms with Crippen LogP contribution in [0.25, 0.3) is 67.7 Å². The summed E-state index contributed by atoms with van der Waals surface area (Å²) in [7, 11) is 0. The van der Waals surface area contributed by atoms with Gasteiger partial charge in [0.15, 0.2) is 17.5 Å². The zero-order valence-corrected chi connectivity index (χ0v) is 28.9. The third kappa shape index (κ3) is 5.06. The molecule has 1 aliphatic rings. The molecule has 1 saturated heterocycles. The van der Waals surface area contributed by atoms with Gasteiger partial charge in [-0.25, -0.2) is 29.9 Å². The number of H-pyrrole nitrogens is 3. The fourth-order valence-electron chi connectivity index (χ4n) is 7.97. The Labute approximate surface area is 308 Å². The molecule has 0 bridgehead atoms. The molecule has 7 heterocycles. The third-order valence-electron chi connectivity index (χ3n) is 10.4. The topological polar surface area (TPSA) is 171 Å². The van der Waals surface area contributed by atoms with E-state index in [2.05, 4.69) is 15.0 Å². The predicted molar refractivity (Wildman–Crippen MR) is 207 cm³/mol. The SMILES string of the molecule is NC1CCN(C=O)C(c2cccc(-c3nc4ccccc4[nH]3)n2)(c2cccc(-c3nc4ccccc4[nH]3)n2)C1c1cccc(-c2nc3ccccc3[nH]2)n1. The smallest absolute Gasteiger partial charge is 0.210 e. The number of piperidine rings is 1. The first kappa shape index (κ1) is 31.7. The number of likely N-dealkylation sites (tertiary alicyclic amines) is 1. The number of rotatable bonds is 7. The number of benzene rings is 3. The molecule has 3 aromatic carbocycles. The van der Waals surface area contributed by atoms with Crippen LogP contribution in [-0.4, -0.2) is 68.8 Å². The second kappa shape index (κ2) is 12.6. The number of hydrogen-bond acceptors (Lipinski definition) is 8. The van der Waals surface area contributed by atoms with Gasteiger partial charge in [0.2, 0.25) is 6.41 Å². The second-order valence-corrected chi connectivity index (χ2v) is 13.6. The molecule has 0 radical (unpaired) electrons. The molecule has 10 rings (SSSR count). The van der Waals surface area contributed by atoms with E-state index in [1.165, 1.54) is 0 Å². The zero-order chi connectivity index (χ0) is 36.2. The number of pyridine rings is 3. The summed E-state index contributed by atoms with van der Waals surface area (Å²) < 4.78 is 0. The molecule has 1 amide bonds. The van der Waals surface area contributed by atoms with E-state index < -0.39 is 17.5 Å². The average molecular weight is 708 g/mol. The van der Waals surface area contributed by atoms with E-state index in [4.69, 9.17) is 35.6 Å². The van der Waals surface area contributed by atoms with Crippen molar-refractivity contribution >= 4 is 39.5 Å². The number of imidazole rings is 3. The molecule has 0 saturated carbocycles. The number of para-hydroxylation sites is 6. The summed E-state index contributed by atoms with van der Waals surface area (Å²) >= 11 is 0. The molecule has 1 fully saturated rings. The van der Waals surface area contributed by atoms with Gasteiger partial charge in [0.05, 0.1) is 50.4 Å². The van der Waals surface area contributed by atoms with E-state index in [1.807, 2.05) is 127 Å². The molecule has 12 heteroatoms. The molecule has 0 aliphatic carbocycles. The molecule has 9 aromatic rings. The monoisotopic (exact) mass is 707 g/mol. The quantitative estimate of drug-likeness (QED) is 0.132. The highest BCUT2D eigenvalue weighted by molar-refractivity contribution is 5.80. The summed E-state index contributed by atoms with van der Waals surface area (Å²) in [4.78, 5) is 55.9. The van der Waals surface area contributed by atoms with E-state index >= 15 is 0 Å². The first-order valence-corrected chi connectivity index (χ1v) is 17.8. The van der Waals surface area contributed by atoms with Crippen molar-refractivity contribution in [3.8, 4) is 34.6 Å². The Balaban J connectivity index is 1.21. The van der Waals surface area contributed by atoms with Crippen molar-refractivity contribution in [1.82, 2.24) is 49.8 Å². The van der Waals surface area contributed by atoms with Crippen LogP contribution in [0.2, 0.25) is 0 Å². The Morgan fingerprint density at radius 2 is 1.00 bits per heavy atom. The van der Waals surface area contributed by atoms with E-state index in [-0.39, 0.29) is 0 Å². The normalized spacial score (nSPS) is 17.0. The van der Waals surface area contributed by atoms with Crippen LogP contribution >= 0.6 is 0 Å². The number of hydrogen-bond donors (Lipinski definition) is 4. The molecular formula is C42H33N11O. The largest absolute Gasteiger partial charge is 0.337 e. The van der Waals surface area contributed by atoms with Crippen molar-refractivity contribution < 1.29 is 4.79 Å². The number of aromatic amines is 3. The summed E-state index contributed by atoms with van der Waals surface area (Å²) in [6.45, 7) is 0.373. The Kier molecular flexibility index (Phi) is 7.37. The van der Waals surface area contributed by atoms with Gasteiger partial charge in [0, 0.05) is 18.3 Å². The summed E-state index contributed by atoms with van der Waals surface area (Å²) in [6, 6.07) is 40.6. The van der Waals surface area contributed by atoms with E-state index in [0.29, 0.717) is 64.6 Å². The summed E-state index contributed by atoms with van der Waals surface area (Å²) in [5.41, 5.74) is 14.9. The van der Waals surface area contributed by atoms with Crippen molar-refractivity contribution in [3.05, 3.63) is 144 Å². The Morgan fingerprint density at radius 3 is 1.46 bits per heavy atom. The molecule has 0 spiro atoms. The second-order valence-electron chi connectivity index (χ2n) is 13.6.